The molecule has 0 aliphatic heterocycles. The summed E-state index contributed by atoms with van der Waals surface area (Å²) in [6.07, 6.45) is 0. The first-order valence-electron chi connectivity index (χ1n) is 5.16. The molecule has 1 aromatic heterocycles. The summed E-state index contributed by atoms with van der Waals surface area (Å²) in [5.41, 5.74) is 1.76. The summed E-state index contributed by atoms with van der Waals surface area (Å²) in [5.74, 6) is 0.320. The van der Waals surface area contributed by atoms with E-state index in [1.807, 2.05) is 24.3 Å². The van der Waals surface area contributed by atoms with Crippen molar-refractivity contribution in [3.63, 3.8) is 0 Å². The molecule has 4 heteroatoms. The van der Waals surface area contributed by atoms with Gasteiger partial charge in [0.25, 0.3) is 5.56 Å². The van der Waals surface area contributed by atoms with Gasteiger partial charge < -0.3 is 0 Å². The smallest absolute Gasteiger partial charge is 0.271 e. The summed E-state index contributed by atoms with van der Waals surface area (Å²) in [7, 11) is 0. The lowest BCUT2D eigenvalue weighted by Gasteiger charge is -2.03. The minimum atomic E-state index is -0.0261. The number of aromatic amines is 1. The Labute approximate surface area is 102 Å². The monoisotopic (exact) mass is 280 g/mol. The van der Waals surface area contributed by atoms with Gasteiger partial charge >= 0.3 is 0 Å². The molecule has 0 saturated heterocycles. The van der Waals surface area contributed by atoms with Gasteiger partial charge in [0.05, 0.1) is 5.69 Å². The molecule has 0 spiro atoms. The molecular formula is C12H13BrN2O. The minimum absolute atomic E-state index is 0.0261. The minimum Gasteiger partial charge on any atom is -0.295 e. The van der Waals surface area contributed by atoms with Gasteiger partial charge in [0.1, 0.15) is 0 Å². The molecule has 0 unspecified atom stereocenters. The van der Waals surface area contributed by atoms with Gasteiger partial charge in [-0.2, -0.15) is 0 Å². The molecule has 0 bridgehead atoms. The average molecular weight is 281 g/mol. The third kappa shape index (κ3) is 2.11. The van der Waals surface area contributed by atoms with E-state index in [9.17, 15) is 4.79 Å². The highest BCUT2D eigenvalue weighted by Gasteiger charge is 2.07. The van der Waals surface area contributed by atoms with Crippen LogP contribution in [0.2, 0.25) is 0 Å². The number of nitrogens with zero attached hydrogens (tertiary/aromatic N) is 1. The number of rotatable bonds is 2. The summed E-state index contributed by atoms with van der Waals surface area (Å²) >= 11 is 3.39. The lowest BCUT2D eigenvalue weighted by atomic mass is 10.1. The maximum absolute atomic E-state index is 11.8. The van der Waals surface area contributed by atoms with Gasteiger partial charge in [0.2, 0.25) is 0 Å². The molecular weight excluding hydrogens is 268 g/mol. The average Bonchev–Trinajstić information content (AvgIpc) is 2.60. The summed E-state index contributed by atoms with van der Waals surface area (Å²) < 4.78 is 2.51. The van der Waals surface area contributed by atoms with Crippen molar-refractivity contribution in [3.05, 3.63) is 50.9 Å². The molecule has 1 N–H and O–H groups in total. The van der Waals surface area contributed by atoms with E-state index in [2.05, 4.69) is 34.9 Å². The predicted molar refractivity (Wildman–Crippen MR) is 68.2 cm³/mol. The molecule has 0 radical (unpaired) electrons. The van der Waals surface area contributed by atoms with E-state index < -0.39 is 0 Å². The maximum Gasteiger partial charge on any atom is 0.271 e. The lowest BCUT2D eigenvalue weighted by molar-refractivity contribution is 0.760. The standard InChI is InChI=1S/C12H13BrN2O/c1-8(2)11-7-12(16)15(14-11)10-5-3-4-9(13)6-10/h3-8,14H,1-2H3. The van der Waals surface area contributed by atoms with Crippen LogP contribution in [-0.4, -0.2) is 9.78 Å². The normalized spacial score (nSPS) is 11.0. The maximum atomic E-state index is 11.8. The Morgan fingerprint density at radius 1 is 1.31 bits per heavy atom. The molecule has 1 aromatic carbocycles. The van der Waals surface area contributed by atoms with Crippen LogP contribution in [0.4, 0.5) is 0 Å². The Hall–Kier alpha value is -1.29. The highest BCUT2D eigenvalue weighted by Crippen LogP contribution is 2.15. The molecule has 0 atom stereocenters. The zero-order chi connectivity index (χ0) is 11.7. The number of H-pyrrole nitrogens is 1. The van der Waals surface area contributed by atoms with Crippen LogP contribution in [0.5, 0.6) is 0 Å². The molecule has 0 amide bonds. The zero-order valence-electron chi connectivity index (χ0n) is 9.20. The molecule has 0 aliphatic carbocycles. The molecule has 0 aliphatic rings. The summed E-state index contributed by atoms with van der Waals surface area (Å²) in [5, 5.41) is 3.11. The van der Waals surface area contributed by atoms with E-state index in [0.29, 0.717) is 5.92 Å². The summed E-state index contributed by atoms with van der Waals surface area (Å²) in [6.45, 7) is 4.10. The van der Waals surface area contributed by atoms with Gasteiger partial charge in [0.15, 0.2) is 0 Å². The van der Waals surface area contributed by atoms with Crippen LogP contribution in [0.3, 0.4) is 0 Å². The van der Waals surface area contributed by atoms with Crippen LogP contribution < -0.4 is 5.56 Å². The van der Waals surface area contributed by atoms with Crippen LogP contribution in [-0.2, 0) is 0 Å². The number of nitrogens with one attached hydrogen (secondary N) is 1. The van der Waals surface area contributed by atoms with E-state index in [-0.39, 0.29) is 5.56 Å². The van der Waals surface area contributed by atoms with Crippen molar-refractivity contribution in [2.45, 2.75) is 19.8 Å². The first-order chi connectivity index (χ1) is 7.58. The number of benzene rings is 1. The zero-order valence-corrected chi connectivity index (χ0v) is 10.8. The van der Waals surface area contributed by atoms with E-state index in [0.717, 1.165) is 15.9 Å². The van der Waals surface area contributed by atoms with Crippen molar-refractivity contribution in [2.75, 3.05) is 0 Å². The quantitative estimate of drug-likeness (QED) is 0.902. The molecule has 84 valence electrons. The van der Waals surface area contributed by atoms with Gasteiger partial charge in [0, 0.05) is 16.2 Å². The summed E-state index contributed by atoms with van der Waals surface area (Å²) in [6, 6.07) is 9.28. The van der Waals surface area contributed by atoms with E-state index >= 15 is 0 Å². The fourth-order valence-corrected chi connectivity index (χ4v) is 1.90. The Balaban J connectivity index is 2.52. The second-order valence-electron chi connectivity index (χ2n) is 4.02. The first-order valence-corrected chi connectivity index (χ1v) is 5.95. The predicted octanol–water partition coefficient (Wildman–Crippen LogP) is 3.05. The van der Waals surface area contributed by atoms with Crippen molar-refractivity contribution in [1.82, 2.24) is 9.78 Å². The largest absolute Gasteiger partial charge is 0.295 e. The molecule has 1 heterocycles. The molecule has 2 aromatic rings. The van der Waals surface area contributed by atoms with Crippen molar-refractivity contribution in [3.8, 4) is 5.69 Å². The molecule has 2 rings (SSSR count). The van der Waals surface area contributed by atoms with E-state index in [1.54, 1.807) is 10.7 Å². The van der Waals surface area contributed by atoms with Crippen LogP contribution >= 0.6 is 15.9 Å². The van der Waals surface area contributed by atoms with Gasteiger partial charge in [-0.05, 0) is 24.1 Å². The van der Waals surface area contributed by atoms with Crippen molar-refractivity contribution in [1.29, 1.82) is 0 Å². The van der Waals surface area contributed by atoms with Crippen molar-refractivity contribution in [2.24, 2.45) is 0 Å². The van der Waals surface area contributed by atoms with Crippen LogP contribution in [0.25, 0.3) is 5.69 Å². The van der Waals surface area contributed by atoms with Gasteiger partial charge in [-0.1, -0.05) is 35.8 Å². The Kier molecular flexibility index (Phi) is 3.01. The second kappa shape index (κ2) is 4.29. The van der Waals surface area contributed by atoms with Crippen LogP contribution in [0.15, 0.2) is 39.6 Å². The third-order valence-corrected chi connectivity index (χ3v) is 2.92. The van der Waals surface area contributed by atoms with E-state index in [1.165, 1.54) is 0 Å². The molecule has 16 heavy (non-hydrogen) atoms. The SMILES string of the molecule is CC(C)c1cc(=O)n(-c2cccc(Br)c2)[nH]1. The fraction of sp³-hybridized carbons (Fsp3) is 0.250. The van der Waals surface area contributed by atoms with Gasteiger partial charge in [-0.15, -0.1) is 0 Å². The van der Waals surface area contributed by atoms with Crippen molar-refractivity contribution < 1.29 is 0 Å². The third-order valence-electron chi connectivity index (χ3n) is 2.43. The number of aromatic nitrogens is 2. The number of halogens is 1. The topological polar surface area (TPSA) is 37.8 Å². The van der Waals surface area contributed by atoms with Crippen LogP contribution in [0.1, 0.15) is 25.5 Å². The Bertz CT molecular complexity index is 554. The Morgan fingerprint density at radius 2 is 2.06 bits per heavy atom. The molecule has 3 nitrogen and oxygen atoms in total. The molecule has 0 fully saturated rings. The summed E-state index contributed by atoms with van der Waals surface area (Å²) in [4.78, 5) is 11.8. The van der Waals surface area contributed by atoms with Gasteiger partial charge in [-0.3, -0.25) is 9.89 Å². The Morgan fingerprint density at radius 3 is 2.62 bits per heavy atom. The highest BCUT2D eigenvalue weighted by molar-refractivity contribution is 9.10. The van der Waals surface area contributed by atoms with E-state index in [4.69, 9.17) is 0 Å². The highest BCUT2D eigenvalue weighted by atomic mass is 79.9. The second-order valence-corrected chi connectivity index (χ2v) is 4.94. The lowest BCUT2D eigenvalue weighted by Crippen LogP contribution is -2.13. The van der Waals surface area contributed by atoms with Crippen LogP contribution in [0, 0.1) is 0 Å². The van der Waals surface area contributed by atoms with Crippen molar-refractivity contribution >= 4 is 15.9 Å². The number of hydrogen-bond donors (Lipinski definition) is 1. The molecule has 0 saturated carbocycles. The number of hydrogen-bond acceptors (Lipinski definition) is 1. The fourth-order valence-electron chi connectivity index (χ4n) is 1.52. The first kappa shape index (κ1) is 11.2. The van der Waals surface area contributed by atoms with Gasteiger partial charge in [-0.25, -0.2) is 4.68 Å².